The molecule has 2 rings (SSSR count). The van der Waals surface area contributed by atoms with E-state index in [1.807, 2.05) is 32.9 Å². The molecule has 1 aromatic heterocycles. The number of benzene rings is 1. The van der Waals surface area contributed by atoms with Crippen LogP contribution in [-0.2, 0) is 12.7 Å². The molecule has 0 saturated heterocycles. The number of aromatic nitrogens is 2. The maximum Gasteiger partial charge on any atom is 0.433 e. The van der Waals surface area contributed by atoms with E-state index >= 15 is 0 Å². The third-order valence-electron chi connectivity index (χ3n) is 3.11. The van der Waals surface area contributed by atoms with Gasteiger partial charge in [-0.05, 0) is 38.5 Å². The van der Waals surface area contributed by atoms with Gasteiger partial charge in [-0.25, -0.2) is 4.98 Å². The van der Waals surface area contributed by atoms with Crippen molar-refractivity contribution in [3.8, 4) is 5.75 Å². The van der Waals surface area contributed by atoms with E-state index < -0.39 is 17.4 Å². The molecular weight excluding hydrogens is 333 g/mol. The number of hydrogen-bond donors (Lipinski definition) is 2. The van der Waals surface area contributed by atoms with E-state index in [1.165, 1.54) is 0 Å². The van der Waals surface area contributed by atoms with Crippen molar-refractivity contribution in [1.29, 1.82) is 0 Å². The first-order valence-electron chi connectivity index (χ1n) is 7.68. The van der Waals surface area contributed by atoms with Crippen molar-refractivity contribution in [3.05, 3.63) is 41.6 Å². The van der Waals surface area contributed by atoms with Crippen LogP contribution in [-0.4, -0.2) is 22.6 Å². The number of nitrogens with zero attached hydrogens (tertiary/aromatic N) is 2. The summed E-state index contributed by atoms with van der Waals surface area (Å²) in [7, 11) is 1.55. The van der Waals surface area contributed by atoms with Crippen LogP contribution in [0, 0.1) is 0 Å². The maximum atomic E-state index is 13.1. The quantitative estimate of drug-likeness (QED) is 0.837. The lowest BCUT2D eigenvalue weighted by atomic mass is 10.1. The second-order valence-corrected chi connectivity index (χ2v) is 6.54. The van der Waals surface area contributed by atoms with E-state index in [2.05, 4.69) is 20.6 Å². The van der Waals surface area contributed by atoms with Gasteiger partial charge in [0.1, 0.15) is 11.6 Å². The first-order valence-corrected chi connectivity index (χ1v) is 7.68. The summed E-state index contributed by atoms with van der Waals surface area (Å²) in [5.41, 5.74) is -0.604. The highest BCUT2D eigenvalue weighted by molar-refractivity contribution is 5.45. The van der Waals surface area contributed by atoms with Crippen LogP contribution in [0.5, 0.6) is 5.75 Å². The molecule has 0 spiro atoms. The number of rotatable bonds is 5. The van der Waals surface area contributed by atoms with Gasteiger partial charge in [0.25, 0.3) is 0 Å². The molecular formula is C17H21F3N4O. The van der Waals surface area contributed by atoms with Crippen LogP contribution in [0.2, 0.25) is 0 Å². The van der Waals surface area contributed by atoms with Crippen molar-refractivity contribution in [3.63, 3.8) is 0 Å². The van der Waals surface area contributed by atoms with E-state index in [1.54, 1.807) is 19.2 Å². The lowest BCUT2D eigenvalue weighted by molar-refractivity contribution is -0.141. The van der Waals surface area contributed by atoms with E-state index in [0.29, 0.717) is 12.3 Å². The summed E-state index contributed by atoms with van der Waals surface area (Å²) in [6.07, 6.45) is -4.55. The van der Waals surface area contributed by atoms with Crippen molar-refractivity contribution in [1.82, 2.24) is 9.97 Å². The number of methoxy groups -OCH3 is 1. The normalized spacial score (nSPS) is 12.0. The van der Waals surface area contributed by atoms with Gasteiger partial charge in [-0.1, -0.05) is 12.1 Å². The van der Waals surface area contributed by atoms with Crippen LogP contribution in [0.25, 0.3) is 0 Å². The smallest absolute Gasteiger partial charge is 0.433 e. The van der Waals surface area contributed by atoms with Crippen LogP contribution in [0.4, 0.5) is 24.9 Å². The van der Waals surface area contributed by atoms with Gasteiger partial charge in [-0.2, -0.15) is 18.2 Å². The van der Waals surface area contributed by atoms with Crippen LogP contribution in [0.15, 0.2) is 30.3 Å². The molecule has 0 aliphatic heterocycles. The third-order valence-corrected chi connectivity index (χ3v) is 3.11. The summed E-state index contributed by atoms with van der Waals surface area (Å²) >= 11 is 0. The fourth-order valence-corrected chi connectivity index (χ4v) is 2.05. The molecule has 25 heavy (non-hydrogen) atoms. The zero-order valence-electron chi connectivity index (χ0n) is 14.5. The first kappa shape index (κ1) is 18.8. The lowest BCUT2D eigenvalue weighted by Gasteiger charge is -2.21. The van der Waals surface area contributed by atoms with Crippen molar-refractivity contribution in [2.24, 2.45) is 0 Å². The average molecular weight is 354 g/mol. The van der Waals surface area contributed by atoms with Gasteiger partial charge in [0.2, 0.25) is 5.95 Å². The topological polar surface area (TPSA) is 59.1 Å². The molecule has 2 N–H and O–H groups in total. The van der Waals surface area contributed by atoms with Gasteiger partial charge >= 0.3 is 6.18 Å². The zero-order valence-corrected chi connectivity index (χ0v) is 14.5. The number of ether oxygens (including phenoxy) is 1. The Morgan fingerprint density at radius 2 is 1.80 bits per heavy atom. The standard InChI is InChI=1S/C17H21F3N4O/c1-16(2,3)24-15-22-13(17(18,19)20)9-14(23-15)21-10-11-6-5-7-12(8-11)25-4/h5-9H,10H2,1-4H3,(H2,21,22,23,24). The number of halogens is 3. The Bertz CT molecular complexity index is 727. The van der Waals surface area contributed by atoms with Crippen LogP contribution in [0.3, 0.4) is 0 Å². The van der Waals surface area contributed by atoms with Gasteiger partial charge in [0.05, 0.1) is 7.11 Å². The van der Waals surface area contributed by atoms with E-state index in [-0.39, 0.29) is 11.8 Å². The number of alkyl halides is 3. The van der Waals surface area contributed by atoms with Crippen molar-refractivity contribution in [2.75, 3.05) is 17.7 Å². The molecule has 0 saturated carbocycles. The minimum atomic E-state index is -4.55. The molecule has 0 radical (unpaired) electrons. The molecule has 8 heteroatoms. The summed E-state index contributed by atoms with van der Waals surface area (Å²) in [4.78, 5) is 7.69. The van der Waals surface area contributed by atoms with Gasteiger partial charge in [-0.3, -0.25) is 0 Å². The lowest BCUT2D eigenvalue weighted by Crippen LogP contribution is -2.28. The van der Waals surface area contributed by atoms with Gasteiger partial charge in [-0.15, -0.1) is 0 Å². The molecule has 0 fully saturated rings. The van der Waals surface area contributed by atoms with Crippen molar-refractivity contribution < 1.29 is 17.9 Å². The molecule has 136 valence electrons. The number of anilines is 2. The summed E-state index contributed by atoms with van der Waals surface area (Å²) in [6, 6.07) is 8.14. The molecule has 1 aromatic carbocycles. The molecule has 0 atom stereocenters. The Hall–Kier alpha value is -2.51. The zero-order chi connectivity index (χ0) is 18.7. The fraction of sp³-hybridized carbons (Fsp3) is 0.412. The fourth-order valence-electron chi connectivity index (χ4n) is 2.05. The predicted molar refractivity (Wildman–Crippen MR) is 90.7 cm³/mol. The first-order chi connectivity index (χ1) is 11.6. The maximum absolute atomic E-state index is 13.1. The highest BCUT2D eigenvalue weighted by Crippen LogP contribution is 2.30. The third kappa shape index (κ3) is 5.81. The van der Waals surface area contributed by atoms with E-state index in [0.717, 1.165) is 11.6 Å². The summed E-state index contributed by atoms with van der Waals surface area (Å²) in [5.74, 6) is 0.695. The van der Waals surface area contributed by atoms with Crippen molar-refractivity contribution in [2.45, 2.75) is 39.0 Å². The van der Waals surface area contributed by atoms with Gasteiger partial charge in [0, 0.05) is 18.2 Å². The molecule has 1 heterocycles. The average Bonchev–Trinajstić information content (AvgIpc) is 2.50. The van der Waals surface area contributed by atoms with E-state index in [9.17, 15) is 13.2 Å². The Balaban J connectivity index is 2.24. The molecule has 0 unspecified atom stereocenters. The minimum Gasteiger partial charge on any atom is -0.497 e. The Kier molecular flexibility index (Phi) is 5.39. The minimum absolute atomic E-state index is 0.0736. The highest BCUT2D eigenvalue weighted by Gasteiger charge is 2.34. The van der Waals surface area contributed by atoms with Gasteiger partial charge < -0.3 is 15.4 Å². The Labute approximate surface area is 144 Å². The molecule has 0 aliphatic rings. The summed E-state index contributed by atoms with van der Waals surface area (Å²) in [6.45, 7) is 5.76. The Morgan fingerprint density at radius 1 is 1.08 bits per heavy atom. The second-order valence-electron chi connectivity index (χ2n) is 6.54. The summed E-state index contributed by atoms with van der Waals surface area (Å²) < 4.78 is 44.4. The molecule has 2 aromatic rings. The highest BCUT2D eigenvalue weighted by atomic mass is 19.4. The van der Waals surface area contributed by atoms with Crippen LogP contribution >= 0.6 is 0 Å². The SMILES string of the molecule is COc1cccc(CNc2cc(C(F)(F)F)nc(NC(C)(C)C)n2)c1. The van der Waals surface area contributed by atoms with Gasteiger partial charge in [0.15, 0.2) is 5.69 Å². The Morgan fingerprint density at radius 3 is 2.40 bits per heavy atom. The van der Waals surface area contributed by atoms with Crippen LogP contribution in [0.1, 0.15) is 32.0 Å². The predicted octanol–water partition coefficient (Wildman–Crippen LogP) is 4.33. The largest absolute Gasteiger partial charge is 0.497 e. The number of hydrogen-bond acceptors (Lipinski definition) is 5. The molecule has 0 bridgehead atoms. The molecule has 0 amide bonds. The molecule has 0 aliphatic carbocycles. The van der Waals surface area contributed by atoms with Crippen molar-refractivity contribution >= 4 is 11.8 Å². The van der Waals surface area contributed by atoms with Crippen LogP contribution < -0.4 is 15.4 Å². The summed E-state index contributed by atoms with van der Waals surface area (Å²) in [5, 5.41) is 5.77. The monoisotopic (exact) mass is 354 g/mol. The molecule has 5 nitrogen and oxygen atoms in total. The van der Waals surface area contributed by atoms with E-state index in [4.69, 9.17) is 4.74 Å². The number of nitrogens with one attached hydrogen (secondary N) is 2. The second kappa shape index (κ2) is 7.16.